The Bertz CT molecular complexity index is 913. The Morgan fingerprint density at radius 2 is 1.96 bits per heavy atom. The molecule has 0 atom stereocenters. The second kappa shape index (κ2) is 7.53. The van der Waals surface area contributed by atoms with Crippen LogP contribution in [-0.2, 0) is 4.74 Å². The van der Waals surface area contributed by atoms with E-state index in [4.69, 9.17) is 4.74 Å². The molecule has 1 aromatic heterocycles. The molecule has 128 valence electrons. The lowest BCUT2D eigenvalue weighted by atomic mass is 9.97. The van der Waals surface area contributed by atoms with Crippen molar-refractivity contribution in [3.05, 3.63) is 48.0 Å². The van der Waals surface area contributed by atoms with Crippen molar-refractivity contribution in [1.82, 2.24) is 9.97 Å². The minimum atomic E-state index is -0.378. The van der Waals surface area contributed by atoms with Gasteiger partial charge in [-0.1, -0.05) is 42.1 Å². The average Bonchev–Trinajstić information content (AvgIpc) is 2.67. The van der Waals surface area contributed by atoms with Crippen molar-refractivity contribution < 1.29 is 9.53 Å². The van der Waals surface area contributed by atoms with Crippen molar-refractivity contribution in [2.45, 2.75) is 12.1 Å². The lowest BCUT2D eigenvalue weighted by molar-refractivity contribution is 0.0602. The highest BCUT2D eigenvalue weighted by molar-refractivity contribution is 7.98. The molecule has 1 heterocycles. The molecule has 3 rings (SSSR count). The number of benzene rings is 2. The van der Waals surface area contributed by atoms with Gasteiger partial charge in [-0.25, -0.2) is 14.8 Å². The summed E-state index contributed by atoms with van der Waals surface area (Å²) in [5.41, 5.74) is 3.04. The minimum absolute atomic E-state index is 0.378. The van der Waals surface area contributed by atoms with Gasteiger partial charge in [0.1, 0.15) is 5.82 Å². The van der Waals surface area contributed by atoms with Crippen molar-refractivity contribution in [2.24, 2.45) is 0 Å². The van der Waals surface area contributed by atoms with Crippen LogP contribution in [0.25, 0.3) is 22.0 Å². The zero-order valence-corrected chi connectivity index (χ0v) is 15.2. The third-order valence-corrected chi connectivity index (χ3v) is 4.38. The monoisotopic (exact) mass is 353 g/mol. The van der Waals surface area contributed by atoms with Gasteiger partial charge in [0.15, 0.2) is 5.16 Å². The maximum atomic E-state index is 12.4. The van der Waals surface area contributed by atoms with Crippen molar-refractivity contribution in [3.63, 3.8) is 0 Å². The molecule has 0 saturated heterocycles. The fourth-order valence-electron chi connectivity index (χ4n) is 2.68. The van der Waals surface area contributed by atoms with Crippen LogP contribution < -0.4 is 5.32 Å². The smallest absolute Gasteiger partial charge is 0.338 e. The van der Waals surface area contributed by atoms with Crippen LogP contribution in [0.1, 0.15) is 17.3 Å². The number of rotatable bonds is 5. The topological polar surface area (TPSA) is 64.1 Å². The summed E-state index contributed by atoms with van der Waals surface area (Å²) in [5.74, 6) is 0.346. The molecule has 0 fully saturated rings. The van der Waals surface area contributed by atoms with E-state index in [1.54, 1.807) is 0 Å². The molecule has 0 saturated carbocycles. The lowest BCUT2D eigenvalue weighted by Crippen LogP contribution is -2.07. The van der Waals surface area contributed by atoms with Gasteiger partial charge < -0.3 is 10.1 Å². The van der Waals surface area contributed by atoms with Gasteiger partial charge in [0.05, 0.1) is 18.2 Å². The summed E-state index contributed by atoms with van der Waals surface area (Å²) in [6, 6.07) is 13.5. The second-order valence-corrected chi connectivity index (χ2v) is 6.14. The Kier molecular flexibility index (Phi) is 5.19. The first-order valence-corrected chi connectivity index (χ1v) is 9.17. The van der Waals surface area contributed by atoms with Crippen molar-refractivity contribution >= 4 is 34.5 Å². The third kappa shape index (κ3) is 3.44. The molecule has 0 aliphatic rings. The normalized spacial score (nSPS) is 10.7. The number of methoxy groups -OCH3 is 1. The zero-order valence-electron chi connectivity index (χ0n) is 14.4. The summed E-state index contributed by atoms with van der Waals surface area (Å²) < 4.78 is 4.99. The lowest BCUT2D eigenvalue weighted by Gasteiger charge is -2.13. The minimum Gasteiger partial charge on any atom is -0.465 e. The Hall–Kier alpha value is -2.60. The Morgan fingerprint density at radius 3 is 2.60 bits per heavy atom. The van der Waals surface area contributed by atoms with Gasteiger partial charge >= 0.3 is 5.97 Å². The highest BCUT2D eigenvalue weighted by atomic mass is 32.2. The number of carbonyl (C=O) groups excluding carboxylic acids is 1. The number of nitrogens with zero attached hydrogens (tertiary/aromatic N) is 2. The molecule has 0 radical (unpaired) electrons. The number of hydrogen-bond donors (Lipinski definition) is 1. The molecule has 0 amide bonds. The van der Waals surface area contributed by atoms with Gasteiger partial charge in [0.2, 0.25) is 0 Å². The van der Waals surface area contributed by atoms with Crippen LogP contribution in [0.4, 0.5) is 5.82 Å². The molecule has 2 aromatic carbocycles. The summed E-state index contributed by atoms with van der Waals surface area (Å²) in [7, 11) is 1.39. The summed E-state index contributed by atoms with van der Waals surface area (Å²) in [4.78, 5) is 21.5. The molecule has 1 N–H and O–H groups in total. The predicted molar refractivity (Wildman–Crippen MR) is 102 cm³/mol. The summed E-state index contributed by atoms with van der Waals surface area (Å²) in [6.07, 6.45) is 1.94. The summed E-state index contributed by atoms with van der Waals surface area (Å²) in [5, 5.41) is 4.75. The number of thioether (sulfide) groups is 1. The largest absolute Gasteiger partial charge is 0.465 e. The van der Waals surface area contributed by atoms with Gasteiger partial charge in [-0.15, -0.1) is 0 Å². The Labute approximate surface area is 150 Å². The van der Waals surface area contributed by atoms with E-state index in [9.17, 15) is 4.79 Å². The molecular weight excluding hydrogens is 334 g/mol. The molecule has 0 unspecified atom stereocenters. The van der Waals surface area contributed by atoms with Gasteiger partial charge in [-0.3, -0.25) is 0 Å². The molecule has 3 aromatic rings. The van der Waals surface area contributed by atoms with Crippen LogP contribution >= 0.6 is 11.8 Å². The molecule has 6 heteroatoms. The van der Waals surface area contributed by atoms with E-state index in [0.29, 0.717) is 10.7 Å². The number of esters is 1. The van der Waals surface area contributed by atoms with Gasteiger partial charge in [-0.05, 0) is 36.4 Å². The SMILES string of the molecule is CCNc1nc(SC)nc2cc(-c3ccccc3)c(C(=O)OC)cc12. The van der Waals surface area contributed by atoms with Crippen LogP contribution in [0.3, 0.4) is 0 Å². The standard InChI is InChI=1S/C19H19N3O2S/c1-4-20-17-15-10-14(18(23)24-2)13(12-8-6-5-7-9-12)11-16(15)21-19(22-17)25-3/h5-11H,4H2,1-3H3,(H,20,21,22). The maximum Gasteiger partial charge on any atom is 0.338 e. The van der Waals surface area contributed by atoms with E-state index in [2.05, 4.69) is 15.3 Å². The third-order valence-electron chi connectivity index (χ3n) is 3.83. The van der Waals surface area contributed by atoms with E-state index in [-0.39, 0.29) is 5.97 Å². The first-order valence-electron chi connectivity index (χ1n) is 7.95. The fraction of sp³-hybridized carbons (Fsp3) is 0.211. The number of carbonyl (C=O) groups is 1. The van der Waals surface area contributed by atoms with E-state index >= 15 is 0 Å². The quantitative estimate of drug-likeness (QED) is 0.420. The second-order valence-electron chi connectivity index (χ2n) is 5.36. The molecule has 0 spiro atoms. The Balaban J connectivity index is 2.32. The van der Waals surface area contributed by atoms with E-state index < -0.39 is 0 Å². The van der Waals surface area contributed by atoms with E-state index in [1.165, 1.54) is 18.9 Å². The number of fused-ring (bicyclic) bond motifs is 1. The first-order chi connectivity index (χ1) is 12.2. The summed E-state index contributed by atoms with van der Waals surface area (Å²) in [6.45, 7) is 2.74. The van der Waals surface area contributed by atoms with E-state index in [1.807, 2.05) is 55.6 Å². The fourth-order valence-corrected chi connectivity index (χ4v) is 3.06. The number of hydrogen-bond acceptors (Lipinski definition) is 6. The van der Waals surface area contributed by atoms with Crippen LogP contribution in [0.15, 0.2) is 47.6 Å². The zero-order chi connectivity index (χ0) is 17.8. The van der Waals surface area contributed by atoms with Crippen LogP contribution in [0.2, 0.25) is 0 Å². The molecular formula is C19H19N3O2S. The van der Waals surface area contributed by atoms with Crippen LogP contribution in [0.5, 0.6) is 0 Å². The van der Waals surface area contributed by atoms with Crippen LogP contribution in [0, 0.1) is 0 Å². The van der Waals surface area contributed by atoms with Gasteiger partial charge in [0, 0.05) is 11.9 Å². The number of ether oxygens (including phenoxy) is 1. The molecule has 0 bridgehead atoms. The number of nitrogens with one attached hydrogen (secondary N) is 1. The van der Waals surface area contributed by atoms with Gasteiger partial charge in [-0.2, -0.15) is 0 Å². The maximum absolute atomic E-state index is 12.4. The van der Waals surface area contributed by atoms with E-state index in [0.717, 1.165) is 34.4 Å². The predicted octanol–water partition coefficient (Wildman–Crippen LogP) is 4.24. The highest BCUT2D eigenvalue weighted by Gasteiger charge is 2.18. The molecule has 0 aliphatic heterocycles. The highest BCUT2D eigenvalue weighted by Crippen LogP contribution is 2.32. The average molecular weight is 353 g/mol. The first kappa shape index (κ1) is 17.2. The number of aromatic nitrogens is 2. The number of anilines is 1. The summed E-state index contributed by atoms with van der Waals surface area (Å²) >= 11 is 1.49. The molecule has 0 aliphatic carbocycles. The Morgan fingerprint density at radius 1 is 1.20 bits per heavy atom. The molecule has 5 nitrogen and oxygen atoms in total. The van der Waals surface area contributed by atoms with Crippen molar-refractivity contribution in [1.29, 1.82) is 0 Å². The van der Waals surface area contributed by atoms with Crippen molar-refractivity contribution in [2.75, 3.05) is 25.2 Å². The van der Waals surface area contributed by atoms with Crippen LogP contribution in [-0.4, -0.2) is 35.8 Å². The van der Waals surface area contributed by atoms with Gasteiger partial charge in [0.25, 0.3) is 0 Å². The molecule has 25 heavy (non-hydrogen) atoms. The van der Waals surface area contributed by atoms with Crippen molar-refractivity contribution in [3.8, 4) is 11.1 Å².